The second-order valence-electron chi connectivity index (χ2n) is 5.26. The van der Waals surface area contributed by atoms with E-state index in [1.807, 2.05) is 45.0 Å². The quantitative estimate of drug-likeness (QED) is 0.690. The molecule has 1 unspecified atom stereocenters. The van der Waals surface area contributed by atoms with Gasteiger partial charge in [-0.25, -0.2) is 4.79 Å². The molecule has 21 heavy (non-hydrogen) atoms. The van der Waals surface area contributed by atoms with Gasteiger partial charge in [0.2, 0.25) is 0 Å². The van der Waals surface area contributed by atoms with E-state index in [9.17, 15) is 4.79 Å². The molecule has 0 heterocycles. The number of carbonyl (C=O) groups excluding carboxylic acids is 1. The van der Waals surface area contributed by atoms with Gasteiger partial charge in [0.25, 0.3) is 0 Å². The standard InChI is InChI=1S/C16H26N2O3/c1-4-21-11-13-7-5-6-8-15(13)18-16(20)17-14(9-10-19)12(2)3/h5-8,12,14,19H,4,9-11H2,1-3H3,(H2,17,18,20). The molecule has 0 saturated heterocycles. The van der Waals surface area contributed by atoms with Crippen molar-refractivity contribution in [3.8, 4) is 0 Å². The summed E-state index contributed by atoms with van der Waals surface area (Å²) >= 11 is 0. The van der Waals surface area contributed by atoms with Crippen LogP contribution in [0.25, 0.3) is 0 Å². The summed E-state index contributed by atoms with van der Waals surface area (Å²) in [4.78, 5) is 12.1. The van der Waals surface area contributed by atoms with E-state index in [0.29, 0.717) is 19.6 Å². The van der Waals surface area contributed by atoms with E-state index in [0.717, 1.165) is 11.3 Å². The molecule has 5 heteroatoms. The topological polar surface area (TPSA) is 70.6 Å². The van der Waals surface area contributed by atoms with Crippen LogP contribution in [0.2, 0.25) is 0 Å². The second kappa shape index (κ2) is 9.37. The van der Waals surface area contributed by atoms with E-state index in [2.05, 4.69) is 10.6 Å². The number of anilines is 1. The molecule has 0 fully saturated rings. The minimum atomic E-state index is -0.258. The molecule has 0 aliphatic heterocycles. The first-order valence-corrected chi connectivity index (χ1v) is 7.42. The third-order valence-corrected chi connectivity index (χ3v) is 3.29. The highest BCUT2D eigenvalue weighted by Crippen LogP contribution is 2.16. The minimum Gasteiger partial charge on any atom is -0.396 e. The lowest BCUT2D eigenvalue weighted by molar-refractivity contribution is 0.134. The summed E-state index contributed by atoms with van der Waals surface area (Å²) in [6.45, 7) is 7.13. The van der Waals surface area contributed by atoms with Crippen molar-refractivity contribution in [1.82, 2.24) is 5.32 Å². The summed E-state index contributed by atoms with van der Waals surface area (Å²) in [5.41, 5.74) is 1.69. The molecular formula is C16H26N2O3. The van der Waals surface area contributed by atoms with Gasteiger partial charge in [0.15, 0.2) is 0 Å². The third-order valence-electron chi connectivity index (χ3n) is 3.29. The van der Waals surface area contributed by atoms with Crippen molar-refractivity contribution in [1.29, 1.82) is 0 Å². The van der Waals surface area contributed by atoms with Crippen LogP contribution in [0.4, 0.5) is 10.5 Å². The number of aliphatic hydroxyl groups is 1. The zero-order valence-electron chi connectivity index (χ0n) is 13.1. The number of carbonyl (C=O) groups is 1. The molecule has 0 radical (unpaired) electrons. The van der Waals surface area contributed by atoms with Crippen LogP contribution in [0.3, 0.4) is 0 Å². The Kier molecular flexibility index (Phi) is 7.79. The first-order chi connectivity index (χ1) is 10.1. The summed E-state index contributed by atoms with van der Waals surface area (Å²) in [5, 5.41) is 14.8. The van der Waals surface area contributed by atoms with Gasteiger partial charge in [-0.05, 0) is 25.3 Å². The van der Waals surface area contributed by atoms with Crippen molar-refractivity contribution in [3.05, 3.63) is 29.8 Å². The molecule has 1 rings (SSSR count). The Morgan fingerprint density at radius 2 is 2.05 bits per heavy atom. The average molecular weight is 294 g/mol. The maximum Gasteiger partial charge on any atom is 0.319 e. The number of urea groups is 1. The van der Waals surface area contributed by atoms with Crippen LogP contribution in [0.5, 0.6) is 0 Å². The third kappa shape index (κ3) is 6.14. The van der Waals surface area contributed by atoms with Crippen molar-refractivity contribution in [2.45, 2.75) is 39.8 Å². The zero-order valence-corrected chi connectivity index (χ0v) is 13.1. The molecule has 0 aliphatic carbocycles. The van der Waals surface area contributed by atoms with Crippen LogP contribution >= 0.6 is 0 Å². The van der Waals surface area contributed by atoms with Crippen molar-refractivity contribution in [2.75, 3.05) is 18.5 Å². The van der Waals surface area contributed by atoms with Crippen LogP contribution in [0, 0.1) is 5.92 Å². The second-order valence-corrected chi connectivity index (χ2v) is 5.26. The lowest BCUT2D eigenvalue weighted by atomic mass is 10.0. The largest absolute Gasteiger partial charge is 0.396 e. The van der Waals surface area contributed by atoms with Crippen molar-refractivity contribution in [3.63, 3.8) is 0 Å². The average Bonchev–Trinajstić information content (AvgIpc) is 2.45. The smallest absolute Gasteiger partial charge is 0.319 e. The lowest BCUT2D eigenvalue weighted by Gasteiger charge is -2.22. The van der Waals surface area contributed by atoms with E-state index in [4.69, 9.17) is 9.84 Å². The Balaban J connectivity index is 2.65. The zero-order chi connectivity index (χ0) is 15.7. The Hall–Kier alpha value is -1.59. The molecule has 5 nitrogen and oxygen atoms in total. The Bertz CT molecular complexity index is 435. The SMILES string of the molecule is CCOCc1ccccc1NC(=O)NC(CCO)C(C)C. The summed E-state index contributed by atoms with van der Waals surface area (Å²) in [7, 11) is 0. The monoisotopic (exact) mass is 294 g/mol. The van der Waals surface area contributed by atoms with Gasteiger partial charge in [-0.1, -0.05) is 32.0 Å². The molecule has 0 saturated carbocycles. The first kappa shape index (κ1) is 17.5. The number of ether oxygens (including phenoxy) is 1. The molecular weight excluding hydrogens is 268 g/mol. The van der Waals surface area contributed by atoms with E-state index in [1.54, 1.807) is 0 Å². The number of hydrogen-bond acceptors (Lipinski definition) is 3. The van der Waals surface area contributed by atoms with Gasteiger partial charge in [0.1, 0.15) is 0 Å². The number of benzene rings is 1. The van der Waals surface area contributed by atoms with Crippen molar-refractivity contribution >= 4 is 11.7 Å². The number of nitrogens with one attached hydrogen (secondary N) is 2. The molecule has 0 bridgehead atoms. The highest BCUT2D eigenvalue weighted by molar-refractivity contribution is 5.90. The van der Waals surface area contributed by atoms with Gasteiger partial charge in [-0.2, -0.15) is 0 Å². The Labute approximate surface area is 126 Å². The molecule has 0 spiro atoms. The summed E-state index contributed by atoms with van der Waals surface area (Å²) in [6, 6.07) is 7.27. The molecule has 1 aromatic carbocycles. The van der Waals surface area contributed by atoms with Gasteiger partial charge >= 0.3 is 6.03 Å². The fourth-order valence-corrected chi connectivity index (χ4v) is 2.02. The summed E-state index contributed by atoms with van der Waals surface area (Å²) in [6.07, 6.45) is 0.547. The highest BCUT2D eigenvalue weighted by atomic mass is 16.5. The number of para-hydroxylation sites is 1. The normalized spacial score (nSPS) is 12.2. The molecule has 118 valence electrons. The van der Waals surface area contributed by atoms with Crippen LogP contribution < -0.4 is 10.6 Å². The number of rotatable bonds is 8. The van der Waals surface area contributed by atoms with Crippen LogP contribution in [0.1, 0.15) is 32.8 Å². The molecule has 3 N–H and O–H groups in total. The van der Waals surface area contributed by atoms with Gasteiger partial charge in [-0.15, -0.1) is 0 Å². The highest BCUT2D eigenvalue weighted by Gasteiger charge is 2.16. The van der Waals surface area contributed by atoms with E-state index < -0.39 is 0 Å². The van der Waals surface area contributed by atoms with E-state index >= 15 is 0 Å². The Morgan fingerprint density at radius 1 is 1.33 bits per heavy atom. The van der Waals surface area contributed by atoms with Gasteiger partial charge in [0.05, 0.1) is 6.61 Å². The molecule has 1 aromatic rings. The molecule has 0 aliphatic rings. The van der Waals surface area contributed by atoms with Crippen LogP contribution in [-0.2, 0) is 11.3 Å². The number of aliphatic hydroxyl groups excluding tert-OH is 1. The summed E-state index contributed by atoms with van der Waals surface area (Å²) in [5.74, 6) is 0.265. The lowest BCUT2D eigenvalue weighted by Crippen LogP contribution is -2.41. The van der Waals surface area contributed by atoms with E-state index in [1.165, 1.54) is 0 Å². The maximum atomic E-state index is 12.1. The predicted molar refractivity (Wildman–Crippen MR) is 84.3 cm³/mol. The summed E-state index contributed by atoms with van der Waals surface area (Å²) < 4.78 is 5.39. The minimum absolute atomic E-state index is 0.0472. The van der Waals surface area contributed by atoms with Crippen molar-refractivity contribution < 1.29 is 14.6 Å². The first-order valence-electron chi connectivity index (χ1n) is 7.42. The van der Waals surface area contributed by atoms with E-state index in [-0.39, 0.29) is 24.6 Å². The fourth-order valence-electron chi connectivity index (χ4n) is 2.02. The van der Waals surface area contributed by atoms with Gasteiger partial charge in [-0.3, -0.25) is 0 Å². The Morgan fingerprint density at radius 3 is 2.67 bits per heavy atom. The van der Waals surface area contributed by atoms with Gasteiger partial charge in [0, 0.05) is 30.5 Å². The van der Waals surface area contributed by atoms with Gasteiger partial charge < -0.3 is 20.5 Å². The number of amides is 2. The molecule has 1 atom stereocenters. The van der Waals surface area contributed by atoms with Crippen molar-refractivity contribution in [2.24, 2.45) is 5.92 Å². The van der Waals surface area contributed by atoms with Crippen LogP contribution in [0.15, 0.2) is 24.3 Å². The maximum absolute atomic E-state index is 12.1. The predicted octanol–water partition coefficient (Wildman–Crippen LogP) is 2.75. The molecule has 0 aromatic heterocycles. The number of hydrogen-bond donors (Lipinski definition) is 3. The van der Waals surface area contributed by atoms with Crippen LogP contribution in [-0.4, -0.2) is 30.4 Å². The molecule has 2 amide bonds. The fraction of sp³-hybridized carbons (Fsp3) is 0.562.